The second-order valence-electron chi connectivity index (χ2n) is 20.3. The number of allylic oxidation sites excluding steroid dienone is 6. The van der Waals surface area contributed by atoms with Crippen molar-refractivity contribution in [1.82, 2.24) is 4.90 Å². The molecule has 3 heterocycles. The number of cyclic esters (lactones) is 1. The van der Waals surface area contributed by atoms with Crippen LogP contribution >= 0.6 is 7.67 Å². The van der Waals surface area contributed by atoms with Gasteiger partial charge >= 0.3 is 13.6 Å². The van der Waals surface area contributed by atoms with E-state index in [4.69, 9.17) is 39.2 Å². The number of ether oxygens (including phenoxy) is 5. The van der Waals surface area contributed by atoms with Crippen LogP contribution in [0.2, 0.25) is 0 Å². The average Bonchev–Trinajstić information content (AvgIpc) is 3.30. The van der Waals surface area contributed by atoms with Crippen LogP contribution in [0.4, 0.5) is 0 Å². The zero-order valence-corrected chi connectivity index (χ0v) is 43.5. The van der Waals surface area contributed by atoms with Gasteiger partial charge in [0.05, 0.1) is 30.5 Å². The third kappa shape index (κ3) is 16.1. The highest BCUT2D eigenvalue weighted by Gasteiger charge is 2.53. The topological polar surface area (TPSA) is 254 Å². The third-order valence-electron chi connectivity index (χ3n) is 14.8. The molecule has 69 heavy (non-hydrogen) atoms. The van der Waals surface area contributed by atoms with Crippen LogP contribution < -0.4 is 11.0 Å². The minimum absolute atomic E-state index is 0.00300. The minimum Gasteiger partial charge on any atom is -0.460 e. The molecule has 3 aliphatic heterocycles. The van der Waals surface area contributed by atoms with Crippen molar-refractivity contribution in [1.29, 1.82) is 0 Å². The molecule has 0 aromatic heterocycles. The van der Waals surface area contributed by atoms with Crippen LogP contribution in [0.15, 0.2) is 47.6 Å². The second kappa shape index (κ2) is 26.5. The number of esters is 1. The van der Waals surface area contributed by atoms with Crippen molar-refractivity contribution in [3.8, 4) is 0 Å². The Hall–Kier alpha value is -3.22. The van der Waals surface area contributed by atoms with E-state index in [1.54, 1.807) is 40.9 Å². The van der Waals surface area contributed by atoms with Gasteiger partial charge in [0.1, 0.15) is 18.2 Å². The Morgan fingerprint density at radius 1 is 0.884 bits per heavy atom. The van der Waals surface area contributed by atoms with Gasteiger partial charge in [-0.05, 0) is 107 Å². The molecule has 2 saturated heterocycles. The molecule has 3 unspecified atom stereocenters. The molecular formula is C51H82N3O14P. The number of amides is 1. The lowest BCUT2D eigenvalue weighted by Crippen LogP contribution is -2.61. The first kappa shape index (κ1) is 58.4. The molecule has 4 aliphatic rings. The molecule has 1 saturated carbocycles. The molecule has 1 aliphatic carbocycles. The number of piperidine rings is 1. The SMILES string of the molecule is CO[C@H]1CC2CC[C@@H](C)[C@@](O)(O2)C(=O)C(=O)N2CCCCC2C(=O)O[C@H]([C@H](C)C[C@@H]2CC[C@@H](OP(N)(N)=O)[C@H](OC)C2)CC(=O)C(C)=CC(C)[C@@H](O)[C@@H](OC)C(=O)[C@H](C)C[C@H](C)C=CC=CC=C1C. The predicted molar refractivity (Wildman–Crippen MR) is 260 cm³/mol. The van der Waals surface area contributed by atoms with E-state index in [0.717, 1.165) is 5.57 Å². The molecule has 0 aromatic rings. The van der Waals surface area contributed by atoms with E-state index in [1.165, 1.54) is 19.1 Å². The summed E-state index contributed by atoms with van der Waals surface area (Å²) >= 11 is 0. The van der Waals surface area contributed by atoms with Gasteiger partial charge in [-0.1, -0.05) is 71.1 Å². The van der Waals surface area contributed by atoms with Gasteiger partial charge in [-0.3, -0.25) is 23.7 Å². The third-order valence-corrected chi connectivity index (χ3v) is 15.4. The standard InChI is InChI=1S/C51H82N3O14P/c1-30-16-12-11-13-17-31(2)42(63-8)28-38-21-19-36(7)51(61,67-38)48(58)49(59)54-23-15-14-18-39(54)50(60)66-43(33(4)26-37-20-22-41(44(27-37)64-9)68-69(52,53)62)29-40(55)32(3)25-35(6)46(57)47(65-10)45(56)34(5)24-30/h11-13,16-17,25,30,33-39,41-44,46-47,57,61H,14-15,18-24,26-29H2,1-10H3,(H4,52,53,62)/t30-,33-,34-,35?,36-,37+,38?,39?,41-,42+,43+,44-,46-,47+,51-/m1/s1. The van der Waals surface area contributed by atoms with Gasteiger partial charge in [-0.2, -0.15) is 0 Å². The predicted octanol–water partition coefficient (Wildman–Crippen LogP) is 6.23. The highest BCUT2D eigenvalue weighted by atomic mass is 31.2. The van der Waals surface area contributed by atoms with Crippen molar-refractivity contribution in [3.63, 3.8) is 0 Å². The summed E-state index contributed by atoms with van der Waals surface area (Å²) in [4.78, 5) is 72.1. The summed E-state index contributed by atoms with van der Waals surface area (Å²) in [7, 11) is 0.664. The number of aliphatic hydroxyl groups is 2. The van der Waals surface area contributed by atoms with E-state index < -0.39 is 104 Å². The van der Waals surface area contributed by atoms with Crippen molar-refractivity contribution in [3.05, 3.63) is 47.6 Å². The highest BCUT2D eigenvalue weighted by molar-refractivity contribution is 7.53. The maximum Gasteiger partial charge on any atom is 0.335 e. The molecule has 0 aromatic carbocycles. The molecule has 3 fully saturated rings. The maximum atomic E-state index is 14.5. The fraction of sp³-hybridized carbons (Fsp3) is 0.745. The Labute approximate surface area is 409 Å². The van der Waals surface area contributed by atoms with Crippen LogP contribution in [0, 0.1) is 35.5 Å². The number of nitrogens with two attached hydrogens (primary N) is 2. The number of carbonyl (C=O) groups is 5. The maximum absolute atomic E-state index is 14.5. The van der Waals surface area contributed by atoms with Crippen LogP contribution in [0.5, 0.6) is 0 Å². The smallest absolute Gasteiger partial charge is 0.335 e. The number of carbonyl (C=O) groups excluding carboxylic acids is 5. The molecule has 2 bridgehead atoms. The highest BCUT2D eigenvalue weighted by Crippen LogP contribution is 2.41. The van der Waals surface area contributed by atoms with E-state index in [-0.39, 0.29) is 48.4 Å². The Bertz CT molecular complexity index is 1950. The summed E-state index contributed by atoms with van der Waals surface area (Å²) in [5.74, 6) is -8.38. The van der Waals surface area contributed by atoms with Crippen LogP contribution in [-0.4, -0.2) is 127 Å². The van der Waals surface area contributed by atoms with Crippen LogP contribution in [0.25, 0.3) is 0 Å². The zero-order chi connectivity index (χ0) is 51.4. The first-order valence-corrected chi connectivity index (χ1v) is 26.6. The van der Waals surface area contributed by atoms with E-state index in [1.807, 2.05) is 51.2 Å². The van der Waals surface area contributed by atoms with Crippen LogP contribution in [0.3, 0.4) is 0 Å². The molecule has 6 N–H and O–H groups in total. The Morgan fingerprint density at radius 3 is 2.25 bits per heavy atom. The van der Waals surface area contributed by atoms with Gasteiger partial charge in [-0.25, -0.2) is 15.8 Å². The van der Waals surface area contributed by atoms with Gasteiger partial charge in [-0.15, -0.1) is 0 Å². The van der Waals surface area contributed by atoms with E-state index in [9.17, 15) is 38.8 Å². The summed E-state index contributed by atoms with van der Waals surface area (Å²) in [5.41, 5.74) is 12.2. The number of hydrogen-bond acceptors (Lipinski definition) is 14. The van der Waals surface area contributed by atoms with Crippen LogP contribution in [0.1, 0.15) is 126 Å². The second-order valence-corrected chi connectivity index (χ2v) is 21.8. The lowest BCUT2D eigenvalue weighted by Gasteiger charge is -2.42. The molecule has 18 heteroatoms. The van der Waals surface area contributed by atoms with Crippen molar-refractivity contribution >= 4 is 36.9 Å². The van der Waals surface area contributed by atoms with Gasteiger partial charge in [0.25, 0.3) is 11.7 Å². The van der Waals surface area contributed by atoms with Gasteiger partial charge in [0, 0.05) is 58.5 Å². The van der Waals surface area contributed by atoms with Crippen molar-refractivity contribution in [2.75, 3.05) is 27.9 Å². The fourth-order valence-corrected chi connectivity index (χ4v) is 11.1. The summed E-state index contributed by atoms with van der Waals surface area (Å²) in [5, 5.41) is 23.5. The monoisotopic (exact) mass is 992 g/mol. The number of ketones is 3. The molecule has 15 atom stereocenters. The van der Waals surface area contributed by atoms with Crippen molar-refractivity contribution in [2.45, 2.75) is 180 Å². The summed E-state index contributed by atoms with van der Waals surface area (Å²) in [6.07, 6.45) is 10.3. The number of methoxy groups -OCH3 is 3. The number of Topliss-reactive ketones (excluding diaryl/α,β-unsaturated/α-hetero) is 3. The number of rotatable bonds is 8. The van der Waals surface area contributed by atoms with Crippen molar-refractivity contribution in [2.24, 2.45) is 46.5 Å². The Balaban J connectivity index is 1.70. The molecule has 0 spiro atoms. The first-order valence-electron chi connectivity index (χ1n) is 24.8. The first-order chi connectivity index (χ1) is 32.4. The molecule has 390 valence electrons. The van der Waals surface area contributed by atoms with E-state index in [0.29, 0.717) is 64.2 Å². The summed E-state index contributed by atoms with van der Waals surface area (Å²) < 4.78 is 47.1. The Kier molecular flexibility index (Phi) is 22.4. The van der Waals surface area contributed by atoms with Gasteiger partial charge in [0.15, 0.2) is 11.6 Å². The van der Waals surface area contributed by atoms with E-state index in [2.05, 4.69) is 0 Å². The van der Waals surface area contributed by atoms with Gasteiger partial charge in [0.2, 0.25) is 5.79 Å². The number of nitrogens with zero attached hydrogens (tertiary/aromatic N) is 1. The molecule has 17 nitrogen and oxygen atoms in total. The largest absolute Gasteiger partial charge is 0.460 e. The number of aliphatic hydroxyl groups excluding tert-OH is 1. The quantitative estimate of drug-likeness (QED) is 0.119. The molecule has 4 rings (SSSR count). The minimum atomic E-state index is -3.79. The molecule has 0 radical (unpaired) electrons. The normalized spacial score (nSPS) is 36.6. The average molecular weight is 992 g/mol. The lowest BCUT2D eigenvalue weighted by atomic mass is 9.78. The summed E-state index contributed by atoms with van der Waals surface area (Å²) in [6.45, 7) is 12.6. The number of fused-ring (bicyclic) bond motifs is 3. The Morgan fingerprint density at radius 2 is 1.59 bits per heavy atom. The number of hydrogen-bond donors (Lipinski definition) is 4. The van der Waals surface area contributed by atoms with Gasteiger partial charge < -0.3 is 43.3 Å². The molecular weight excluding hydrogens is 910 g/mol. The molecule has 1 amide bonds. The lowest BCUT2D eigenvalue weighted by molar-refractivity contribution is -0.265. The van der Waals surface area contributed by atoms with Crippen molar-refractivity contribution < 1.29 is 67.0 Å². The fourth-order valence-electron chi connectivity index (χ4n) is 10.5. The summed E-state index contributed by atoms with van der Waals surface area (Å²) in [6, 6.07) is -1.18. The van der Waals surface area contributed by atoms with Crippen LogP contribution in [-0.2, 0) is 56.7 Å². The zero-order valence-electron chi connectivity index (χ0n) is 42.6. The van der Waals surface area contributed by atoms with E-state index >= 15 is 0 Å².